The fourth-order valence-electron chi connectivity index (χ4n) is 2.93. The number of nitrogens with zero attached hydrogens (tertiary/aromatic N) is 6. The van der Waals surface area contributed by atoms with Gasteiger partial charge in [0.15, 0.2) is 0 Å². The molecule has 0 amide bonds. The second-order valence-corrected chi connectivity index (χ2v) is 8.04. The first-order valence-electron chi connectivity index (χ1n) is 8.21. The lowest BCUT2D eigenvalue weighted by Gasteiger charge is -2.35. The minimum atomic E-state index is 0.593. The van der Waals surface area contributed by atoms with Crippen LogP contribution in [-0.2, 0) is 6.42 Å². The molecule has 126 valence electrons. The van der Waals surface area contributed by atoms with Crippen LogP contribution < -0.4 is 9.80 Å². The van der Waals surface area contributed by atoms with Crippen molar-refractivity contribution in [3.05, 3.63) is 23.6 Å². The van der Waals surface area contributed by atoms with Gasteiger partial charge in [-0.25, -0.2) is 15.0 Å². The molecular weight excluding hydrogens is 340 g/mol. The van der Waals surface area contributed by atoms with Crippen molar-refractivity contribution in [3.63, 3.8) is 0 Å². The van der Waals surface area contributed by atoms with Crippen LogP contribution in [0.4, 0.5) is 10.9 Å². The van der Waals surface area contributed by atoms with Gasteiger partial charge in [0, 0.05) is 44.1 Å². The van der Waals surface area contributed by atoms with Gasteiger partial charge in [-0.3, -0.25) is 0 Å². The second kappa shape index (κ2) is 6.60. The van der Waals surface area contributed by atoms with Crippen molar-refractivity contribution in [1.29, 1.82) is 0 Å². The van der Waals surface area contributed by atoms with Gasteiger partial charge in [0.05, 0.1) is 10.2 Å². The van der Waals surface area contributed by atoms with Crippen molar-refractivity contribution in [3.8, 4) is 0 Å². The first kappa shape index (κ1) is 15.7. The largest absolute Gasteiger partial charge is 0.352 e. The monoisotopic (exact) mass is 360 g/mol. The molecule has 1 saturated heterocycles. The van der Waals surface area contributed by atoms with Crippen LogP contribution in [-0.4, -0.2) is 45.5 Å². The van der Waals surface area contributed by atoms with Crippen LogP contribution >= 0.6 is 22.9 Å². The molecule has 0 bridgehead atoms. The Morgan fingerprint density at radius 1 is 1.12 bits per heavy atom. The lowest BCUT2D eigenvalue weighted by atomic mass is 10.1. The van der Waals surface area contributed by atoms with Gasteiger partial charge in [0.2, 0.25) is 5.13 Å². The summed E-state index contributed by atoms with van der Waals surface area (Å²) >= 11 is 3.23. The van der Waals surface area contributed by atoms with Gasteiger partial charge in [-0.05, 0) is 17.4 Å². The molecule has 3 aromatic rings. The SMILES string of the molecule is CC(C)Cc1nsc(N2CCN(c3ncnc4ccsc34)CC2)n1. The standard InChI is InChI=1S/C16H20N6S2/c1-11(2)9-13-19-16(24-20-13)22-6-4-21(5-7-22)15-14-12(3-8-23-14)17-10-18-15/h3,8,10-11H,4-7,9H2,1-2H3. The van der Waals surface area contributed by atoms with E-state index < -0.39 is 0 Å². The minimum Gasteiger partial charge on any atom is -0.352 e. The summed E-state index contributed by atoms with van der Waals surface area (Å²) in [6.45, 7) is 8.20. The van der Waals surface area contributed by atoms with E-state index in [4.69, 9.17) is 4.98 Å². The number of aromatic nitrogens is 4. The summed E-state index contributed by atoms with van der Waals surface area (Å²) in [5, 5.41) is 3.13. The first-order valence-corrected chi connectivity index (χ1v) is 9.86. The zero-order chi connectivity index (χ0) is 16.5. The number of rotatable bonds is 4. The maximum atomic E-state index is 4.70. The Bertz CT molecular complexity index is 819. The Morgan fingerprint density at radius 2 is 1.92 bits per heavy atom. The third-order valence-corrected chi connectivity index (χ3v) is 5.84. The molecule has 0 aliphatic carbocycles. The van der Waals surface area contributed by atoms with E-state index in [-0.39, 0.29) is 0 Å². The number of hydrogen-bond acceptors (Lipinski definition) is 8. The topological polar surface area (TPSA) is 58.0 Å². The van der Waals surface area contributed by atoms with E-state index in [2.05, 4.69) is 49.4 Å². The first-order chi connectivity index (χ1) is 11.7. The number of anilines is 2. The molecule has 1 aliphatic rings. The summed E-state index contributed by atoms with van der Waals surface area (Å²) in [5.74, 6) is 2.63. The van der Waals surface area contributed by atoms with Gasteiger partial charge in [0.1, 0.15) is 18.0 Å². The van der Waals surface area contributed by atoms with Crippen LogP contribution in [0.3, 0.4) is 0 Å². The number of hydrogen-bond donors (Lipinski definition) is 0. The van der Waals surface area contributed by atoms with E-state index in [1.165, 1.54) is 16.2 Å². The zero-order valence-electron chi connectivity index (χ0n) is 13.8. The Balaban J connectivity index is 1.45. The molecule has 0 N–H and O–H groups in total. The highest BCUT2D eigenvalue weighted by Crippen LogP contribution is 2.29. The predicted octanol–water partition coefficient (Wildman–Crippen LogP) is 3.07. The average Bonchev–Trinajstić information content (AvgIpc) is 3.23. The Morgan fingerprint density at radius 3 is 2.71 bits per heavy atom. The van der Waals surface area contributed by atoms with E-state index in [1.807, 2.05) is 0 Å². The Labute approximate surface area is 149 Å². The van der Waals surface area contributed by atoms with Crippen molar-refractivity contribution >= 4 is 44.0 Å². The lowest BCUT2D eigenvalue weighted by molar-refractivity contribution is 0.621. The molecule has 1 aliphatic heterocycles. The number of thiophene rings is 1. The molecule has 1 fully saturated rings. The van der Waals surface area contributed by atoms with Crippen LogP contribution in [0.1, 0.15) is 19.7 Å². The molecule has 0 unspecified atom stereocenters. The van der Waals surface area contributed by atoms with Crippen LogP contribution in [0.2, 0.25) is 0 Å². The van der Waals surface area contributed by atoms with Crippen LogP contribution in [0.25, 0.3) is 10.2 Å². The van der Waals surface area contributed by atoms with Gasteiger partial charge in [-0.15, -0.1) is 11.3 Å². The quantitative estimate of drug-likeness (QED) is 0.713. The highest BCUT2D eigenvalue weighted by molar-refractivity contribution is 7.17. The average molecular weight is 361 g/mol. The van der Waals surface area contributed by atoms with Gasteiger partial charge >= 0.3 is 0 Å². The third-order valence-electron chi connectivity index (χ3n) is 4.12. The molecule has 0 atom stereocenters. The summed E-state index contributed by atoms with van der Waals surface area (Å²) in [4.78, 5) is 18.2. The van der Waals surface area contributed by atoms with Crippen molar-refractivity contribution in [2.75, 3.05) is 36.0 Å². The highest BCUT2D eigenvalue weighted by Gasteiger charge is 2.22. The fraction of sp³-hybridized carbons (Fsp3) is 0.500. The van der Waals surface area contributed by atoms with Crippen molar-refractivity contribution in [2.24, 2.45) is 5.92 Å². The fourth-order valence-corrected chi connectivity index (χ4v) is 4.54. The smallest absolute Gasteiger partial charge is 0.205 e. The van der Waals surface area contributed by atoms with Crippen molar-refractivity contribution in [2.45, 2.75) is 20.3 Å². The van der Waals surface area contributed by atoms with Gasteiger partial charge in [-0.2, -0.15) is 4.37 Å². The summed E-state index contributed by atoms with van der Waals surface area (Å²) in [6.07, 6.45) is 2.62. The number of fused-ring (bicyclic) bond motifs is 1. The summed E-state index contributed by atoms with van der Waals surface area (Å²) < 4.78 is 5.68. The molecule has 8 heteroatoms. The van der Waals surface area contributed by atoms with Gasteiger partial charge < -0.3 is 9.80 Å². The van der Waals surface area contributed by atoms with Crippen LogP contribution in [0.15, 0.2) is 17.8 Å². The maximum Gasteiger partial charge on any atom is 0.205 e. The summed E-state index contributed by atoms with van der Waals surface area (Å²) in [5.41, 5.74) is 1.04. The molecular formula is C16H20N6S2. The molecule has 3 aromatic heterocycles. The molecule has 0 aromatic carbocycles. The minimum absolute atomic E-state index is 0.593. The van der Waals surface area contributed by atoms with Gasteiger partial charge in [-0.1, -0.05) is 13.8 Å². The predicted molar refractivity (Wildman–Crippen MR) is 100 cm³/mol. The zero-order valence-corrected chi connectivity index (χ0v) is 15.5. The molecule has 24 heavy (non-hydrogen) atoms. The molecule has 4 heterocycles. The van der Waals surface area contributed by atoms with E-state index in [1.54, 1.807) is 17.7 Å². The lowest BCUT2D eigenvalue weighted by Crippen LogP contribution is -2.46. The highest BCUT2D eigenvalue weighted by atomic mass is 32.1. The maximum absolute atomic E-state index is 4.70. The molecule has 4 rings (SSSR count). The normalized spacial score (nSPS) is 15.6. The molecule has 0 radical (unpaired) electrons. The Hall–Kier alpha value is -1.80. The summed E-state index contributed by atoms with van der Waals surface area (Å²) in [6, 6.07) is 2.05. The Kier molecular flexibility index (Phi) is 4.32. The third kappa shape index (κ3) is 3.08. The van der Waals surface area contributed by atoms with E-state index >= 15 is 0 Å². The van der Waals surface area contributed by atoms with E-state index in [0.717, 1.165) is 54.9 Å². The van der Waals surface area contributed by atoms with E-state index in [9.17, 15) is 0 Å². The van der Waals surface area contributed by atoms with Gasteiger partial charge in [0.25, 0.3) is 0 Å². The molecule has 0 spiro atoms. The second-order valence-electron chi connectivity index (χ2n) is 6.40. The van der Waals surface area contributed by atoms with E-state index in [0.29, 0.717) is 5.92 Å². The van der Waals surface area contributed by atoms with Crippen LogP contribution in [0.5, 0.6) is 0 Å². The van der Waals surface area contributed by atoms with Crippen molar-refractivity contribution < 1.29 is 0 Å². The van der Waals surface area contributed by atoms with Crippen LogP contribution in [0, 0.1) is 5.92 Å². The molecule has 0 saturated carbocycles. The molecule has 6 nitrogen and oxygen atoms in total. The van der Waals surface area contributed by atoms with Crippen molar-refractivity contribution in [1.82, 2.24) is 19.3 Å². The summed E-state index contributed by atoms with van der Waals surface area (Å²) in [7, 11) is 0. The number of piperazine rings is 1.